The first-order chi connectivity index (χ1) is 8.19. The Balaban J connectivity index is 2.24. The number of nitrogens with zero attached hydrogens (tertiary/aromatic N) is 2. The second-order valence-electron chi connectivity index (χ2n) is 3.66. The summed E-state index contributed by atoms with van der Waals surface area (Å²) in [5.41, 5.74) is 1.53. The van der Waals surface area contributed by atoms with Gasteiger partial charge >= 0.3 is 0 Å². The van der Waals surface area contributed by atoms with Crippen molar-refractivity contribution in [2.75, 3.05) is 6.54 Å². The number of hydrogen-bond acceptors (Lipinski definition) is 2. The highest BCUT2D eigenvalue weighted by atomic mass is 35.5. The molecule has 1 N–H and O–H groups in total. The van der Waals surface area contributed by atoms with Crippen LogP contribution < -0.4 is 5.32 Å². The second kappa shape index (κ2) is 5.29. The fourth-order valence-electron chi connectivity index (χ4n) is 1.52. The summed E-state index contributed by atoms with van der Waals surface area (Å²) in [5.74, 6) is -0.365. The van der Waals surface area contributed by atoms with Gasteiger partial charge in [0.25, 0.3) is 0 Å². The fourth-order valence-corrected chi connectivity index (χ4v) is 1.74. The Morgan fingerprint density at radius 1 is 1.41 bits per heavy atom. The lowest BCUT2D eigenvalue weighted by Crippen LogP contribution is -2.12. The maximum atomic E-state index is 13.2. The first-order valence-electron chi connectivity index (χ1n) is 5.41. The van der Waals surface area contributed by atoms with E-state index in [2.05, 4.69) is 10.4 Å². The molecule has 0 aliphatic carbocycles. The van der Waals surface area contributed by atoms with Crippen molar-refractivity contribution in [1.29, 1.82) is 0 Å². The van der Waals surface area contributed by atoms with Crippen molar-refractivity contribution in [3.05, 3.63) is 47.0 Å². The summed E-state index contributed by atoms with van der Waals surface area (Å²) < 4.78 is 14.8. The molecular formula is C12H13ClFN3. The zero-order chi connectivity index (χ0) is 12.3. The molecule has 0 unspecified atom stereocenters. The van der Waals surface area contributed by atoms with Crippen molar-refractivity contribution < 1.29 is 4.39 Å². The third kappa shape index (κ3) is 3.05. The van der Waals surface area contributed by atoms with Crippen LogP contribution in [0.25, 0.3) is 5.69 Å². The van der Waals surface area contributed by atoms with Crippen molar-refractivity contribution in [2.45, 2.75) is 13.5 Å². The van der Waals surface area contributed by atoms with Gasteiger partial charge in [0.2, 0.25) is 0 Å². The largest absolute Gasteiger partial charge is 0.311 e. The summed E-state index contributed by atoms with van der Waals surface area (Å²) in [4.78, 5) is 0. The zero-order valence-electron chi connectivity index (χ0n) is 9.45. The Hall–Kier alpha value is -1.39. The number of aromatic nitrogens is 2. The van der Waals surface area contributed by atoms with Crippen LogP contribution in [0.4, 0.5) is 4.39 Å². The van der Waals surface area contributed by atoms with Crippen LogP contribution in [0, 0.1) is 5.82 Å². The molecule has 0 spiro atoms. The van der Waals surface area contributed by atoms with Gasteiger partial charge in [-0.3, -0.25) is 0 Å². The molecule has 0 radical (unpaired) electrons. The highest BCUT2D eigenvalue weighted by molar-refractivity contribution is 6.30. The third-order valence-corrected chi connectivity index (χ3v) is 2.53. The van der Waals surface area contributed by atoms with Gasteiger partial charge in [-0.05, 0) is 30.8 Å². The summed E-state index contributed by atoms with van der Waals surface area (Å²) in [6, 6.07) is 6.24. The molecule has 1 aromatic carbocycles. The molecule has 0 bridgehead atoms. The minimum atomic E-state index is -0.365. The molecule has 3 nitrogen and oxygen atoms in total. The molecule has 0 saturated carbocycles. The van der Waals surface area contributed by atoms with E-state index < -0.39 is 0 Å². The van der Waals surface area contributed by atoms with E-state index >= 15 is 0 Å². The molecular weight excluding hydrogens is 241 g/mol. The number of benzene rings is 1. The molecule has 0 aliphatic rings. The summed E-state index contributed by atoms with van der Waals surface area (Å²) in [6.07, 6.45) is 1.79. The van der Waals surface area contributed by atoms with E-state index in [-0.39, 0.29) is 5.82 Å². The van der Waals surface area contributed by atoms with Gasteiger partial charge in [0, 0.05) is 17.8 Å². The first-order valence-corrected chi connectivity index (χ1v) is 5.78. The van der Waals surface area contributed by atoms with Gasteiger partial charge in [-0.15, -0.1) is 0 Å². The van der Waals surface area contributed by atoms with Crippen LogP contribution in [-0.4, -0.2) is 16.3 Å². The monoisotopic (exact) mass is 253 g/mol. The molecule has 1 aromatic heterocycles. The van der Waals surface area contributed by atoms with Gasteiger partial charge in [0.1, 0.15) is 5.82 Å². The molecule has 0 fully saturated rings. The van der Waals surface area contributed by atoms with Crippen molar-refractivity contribution in [3.63, 3.8) is 0 Å². The van der Waals surface area contributed by atoms with E-state index in [9.17, 15) is 4.39 Å². The smallest absolute Gasteiger partial charge is 0.126 e. The van der Waals surface area contributed by atoms with Crippen LogP contribution in [0.3, 0.4) is 0 Å². The van der Waals surface area contributed by atoms with Gasteiger partial charge < -0.3 is 5.32 Å². The van der Waals surface area contributed by atoms with Crippen molar-refractivity contribution in [3.8, 4) is 5.69 Å². The topological polar surface area (TPSA) is 29.9 Å². The predicted molar refractivity (Wildman–Crippen MR) is 65.9 cm³/mol. The van der Waals surface area contributed by atoms with Crippen LogP contribution in [-0.2, 0) is 6.54 Å². The van der Waals surface area contributed by atoms with Gasteiger partial charge in [-0.1, -0.05) is 18.5 Å². The van der Waals surface area contributed by atoms with Crippen molar-refractivity contribution in [2.24, 2.45) is 0 Å². The average molecular weight is 254 g/mol. The summed E-state index contributed by atoms with van der Waals surface area (Å²) in [6.45, 7) is 3.62. The van der Waals surface area contributed by atoms with Crippen molar-refractivity contribution >= 4 is 11.6 Å². The Labute approximate surface area is 104 Å². The highest BCUT2D eigenvalue weighted by Gasteiger charge is 2.04. The zero-order valence-corrected chi connectivity index (χ0v) is 10.2. The number of rotatable bonds is 4. The van der Waals surface area contributed by atoms with E-state index in [1.807, 2.05) is 13.0 Å². The maximum Gasteiger partial charge on any atom is 0.126 e. The Kier molecular flexibility index (Phi) is 3.76. The SMILES string of the molecule is CCNCc1ccn(-c2cc(F)cc(Cl)c2)n1. The van der Waals surface area contributed by atoms with Gasteiger partial charge in [0.15, 0.2) is 0 Å². The lowest BCUT2D eigenvalue weighted by Gasteiger charge is -2.02. The average Bonchev–Trinajstić information content (AvgIpc) is 2.73. The predicted octanol–water partition coefficient (Wildman–Crippen LogP) is 2.77. The molecule has 0 aliphatic heterocycles. The highest BCUT2D eigenvalue weighted by Crippen LogP contribution is 2.17. The molecule has 0 saturated heterocycles. The molecule has 0 atom stereocenters. The molecule has 0 amide bonds. The minimum Gasteiger partial charge on any atom is -0.311 e. The summed E-state index contributed by atoms with van der Waals surface area (Å²) in [7, 11) is 0. The van der Waals surface area contributed by atoms with Crippen LogP contribution in [0.5, 0.6) is 0 Å². The van der Waals surface area contributed by atoms with E-state index in [1.165, 1.54) is 12.1 Å². The summed E-state index contributed by atoms with van der Waals surface area (Å²) in [5, 5.41) is 7.87. The fraction of sp³-hybridized carbons (Fsp3) is 0.250. The standard InChI is InChI=1S/C12H13ClFN3/c1-2-15-8-11-3-4-17(16-11)12-6-9(13)5-10(14)7-12/h3-7,15H,2,8H2,1H3. The van der Waals surface area contributed by atoms with Gasteiger partial charge in [0.05, 0.1) is 11.4 Å². The number of hydrogen-bond donors (Lipinski definition) is 1. The van der Waals surface area contributed by atoms with Crippen LogP contribution in [0.15, 0.2) is 30.5 Å². The molecule has 5 heteroatoms. The van der Waals surface area contributed by atoms with E-state index in [0.717, 1.165) is 12.2 Å². The quantitative estimate of drug-likeness (QED) is 0.908. The van der Waals surface area contributed by atoms with Gasteiger partial charge in [-0.25, -0.2) is 9.07 Å². The van der Waals surface area contributed by atoms with Crippen LogP contribution in [0.1, 0.15) is 12.6 Å². The Bertz CT molecular complexity index is 490. The first kappa shape index (κ1) is 12.1. The Morgan fingerprint density at radius 2 is 2.24 bits per heavy atom. The molecule has 2 rings (SSSR count). The van der Waals surface area contributed by atoms with E-state index in [4.69, 9.17) is 11.6 Å². The second-order valence-corrected chi connectivity index (χ2v) is 4.10. The van der Waals surface area contributed by atoms with Gasteiger partial charge in [-0.2, -0.15) is 5.10 Å². The third-order valence-electron chi connectivity index (χ3n) is 2.31. The number of halogens is 2. The van der Waals surface area contributed by atoms with E-state index in [0.29, 0.717) is 17.3 Å². The van der Waals surface area contributed by atoms with E-state index in [1.54, 1.807) is 16.9 Å². The van der Waals surface area contributed by atoms with Crippen LogP contribution in [0.2, 0.25) is 5.02 Å². The van der Waals surface area contributed by atoms with Crippen molar-refractivity contribution in [1.82, 2.24) is 15.1 Å². The Morgan fingerprint density at radius 3 is 2.94 bits per heavy atom. The molecule has 90 valence electrons. The molecule has 17 heavy (non-hydrogen) atoms. The maximum absolute atomic E-state index is 13.2. The summed E-state index contributed by atoms with van der Waals surface area (Å²) >= 11 is 5.80. The minimum absolute atomic E-state index is 0.365. The number of nitrogens with one attached hydrogen (secondary N) is 1. The lowest BCUT2D eigenvalue weighted by atomic mass is 10.3. The normalized spacial score (nSPS) is 10.8. The molecule has 1 heterocycles. The van der Waals surface area contributed by atoms with Crippen LogP contribution >= 0.6 is 11.6 Å². The lowest BCUT2D eigenvalue weighted by molar-refractivity contribution is 0.625. The molecule has 2 aromatic rings.